The van der Waals surface area contributed by atoms with Crippen molar-refractivity contribution in [1.29, 1.82) is 0 Å². The van der Waals surface area contributed by atoms with Crippen molar-refractivity contribution in [3.8, 4) is 0 Å². The lowest BCUT2D eigenvalue weighted by Crippen LogP contribution is -2.33. The number of benzene rings is 2. The first-order valence-electron chi connectivity index (χ1n) is 8.89. The maximum absolute atomic E-state index is 12.1. The molecule has 0 spiro atoms. The Morgan fingerprint density at radius 1 is 1.07 bits per heavy atom. The van der Waals surface area contributed by atoms with Crippen LogP contribution in [0, 0.1) is 0 Å². The van der Waals surface area contributed by atoms with Crippen molar-refractivity contribution in [3.63, 3.8) is 0 Å². The van der Waals surface area contributed by atoms with Gasteiger partial charge in [0.05, 0.1) is 0 Å². The molecule has 2 N–H and O–H groups in total. The van der Waals surface area contributed by atoms with E-state index in [0.29, 0.717) is 23.8 Å². The summed E-state index contributed by atoms with van der Waals surface area (Å²) in [6.45, 7) is 2.49. The molecular formula is C21H22ClN3O2. The summed E-state index contributed by atoms with van der Waals surface area (Å²) in [7, 11) is 0. The predicted octanol–water partition coefficient (Wildman–Crippen LogP) is 4.24. The third-order valence-corrected chi connectivity index (χ3v) is 4.76. The molecule has 0 fully saturated rings. The minimum atomic E-state index is -0.129. The van der Waals surface area contributed by atoms with Gasteiger partial charge in [-0.15, -0.1) is 0 Å². The number of H-pyrrole nitrogens is 1. The van der Waals surface area contributed by atoms with Gasteiger partial charge >= 0.3 is 0 Å². The maximum atomic E-state index is 12.1. The number of amides is 2. The summed E-state index contributed by atoms with van der Waals surface area (Å²) >= 11 is 5.84. The van der Waals surface area contributed by atoms with E-state index in [0.717, 1.165) is 11.9 Å². The normalized spacial score (nSPS) is 10.7. The lowest BCUT2D eigenvalue weighted by Gasteiger charge is -2.20. The molecule has 0 unspecified atom stereocenters. The Hall–Kier alpha value is -2.79. The number of fused-ring (bicyclic) bond motifs is 1. The first-order chi connectivity index (χ1) is 13.0. The molecule has 3 rings (SSSR count). The minimum absolute atomic E-state index is 0.0332. The fraction of sp³-hybridized carbons (Fsp3) is 0.238. The van der Waals surface area contributed by atoms with Crippen molar-refractivity contribution in [2.75, 3.05) is 18.4 Å². The maximum Gasteiger partial charge on any atom is 0.226 e. The number of hydrogen-bond acceptors (Lipinski definition) is 2. The highest BCUT2D eigenvalue weighted by Crippen LogP contribution is 2.18. The van der Waals surface area contributed by atoms with Crippen LogP contribution in [0.25, 0.3) is 10.9 Å². The summed E-state index contributed by atoms with van der Waals surface area (Å²) in [5, 5.41) is 4.60. The second-order valence-corrected chi connectivity index (χ2v) is 6.86. The molecular weight excluding hydrogens is 362 g/mol. The third kappa shape index (κ3) is 5.11. The lowest BCUT2D eigenvalue weighted by molar-refractivity contribution is -0.129. The van der Waals surface area contributed by atoms with Crippen LogP contribution in [0.1, 0.15) is 18.9 Å². The Kier molecular flexibility index (Phi) is 6.14. The third-order valence-electron chi connectivity index (χ3n) is 4.51. The topological polar surface area (TPSA) is 65.2 Å². The summed E-state index contributed by atoms with van der Waals surface area (Å²) < 4.78 is 0. The van der Waals surface area contributed by atoms with Crippen molar-refractivity contribution in [2.24, 2.45) is 0 Å². The standard InChI is InChI=1S/C21H22ClN3O2/c1-15(26)25(12-10-16-14-23-20-5-3-2-4-19(16)20)13-11-21(27)24-18-8-6-17(22)7-9-18/h2-9,14,23H,10-13H2,1H3,(H,24,27). The van der Waals surface area contributed by atoms with Crippen LogP contribution in [0.3, 0.4) is 0 Å². The highest BCUT2D eigenvalue weighted by atomic mass is 35.5. The van der Waals surface area contributed by atoms with Gasteiger partial charge in [-0.25, -0.2) is 0 Å². The Balaban J connectivity index is 1.53. The van der Waals surface area contributed by atoms with E-state index in [2.05, 4.69) is 16.4 Å². The van der Waals surface area contributed by atoms with Gasteiger partial charge in [-0.3, -0.25) is 9.59 Å². The number of aromatic nitrogens is 1. The van der Waals surface area contributed by atoms with Crippen molar-refractivity contribution in [3.05, 3.63) is 65.3 Å². The Morgan fingerprint density at radius 3 is 2.56 bits per heavy atom. The summed E-state index contributed by atoms with van der Waals surface area (Å²) in [5.74, 6) is -0.162. The van der Waals surface area contributed by atoms with Gasteiger partial charge in [0.2, 0.25) is 11.8 Å². The molecule has 0 bridgehead atoms. The highest BCUT2D eigenvalue weighted by molar-refractivity contribution is 6.30. The largest absolute Gasteiger partial charge is 0.361 e. The Labute approximate surface area is 163 Å². The number of hydrogen-bond donors (Lipinski definition) is 2. The van der Waals surface area contributed by atoms with Crippen molar-refractivity contribution in [1.82, 2.24) is 9.88 Å². The molecule has 2 amide bonds. The molecule has 1 heterocycles. The zero-order valence-corrected chi connectivity index (χ0v) is 15.9. The first-order valence-corrected chi connectivity index (χ1v) is 9.26. The Morgan fingerprint density at radius 2 is 1.81 bits per heavy atom. The highest BCUT2D eigenvalue weighted by Gasteiger charge is 2.13. The SMILES string of the molecule is CC(=O)N(CCC(=O)Nc1ccc(Cl)cc1)CCc1c[nH]c2ccccc12. The molecule has 0 aliphatic rings. The number of anilines is 1. The summed E-state index contributed by atoms with van der Waals surface area (Å²) in [6.07, 6.45) is 2.97. The predicted molar refractivity (Wildman–Crippen MR) is 109 cm³/mol. The fourth-order valence-corrected chi connectivity index (χ4v) is 3.14. The van der Waals surface area contributed by atoms with Crippen LogP contribution in [0.4, 0.5) is 5.69 Å². The first kappa shape index (κ1) is 19.0. The molecule has 0 aliphatic carbocycles. The molecule has 5 nitrogen and oxygen atoms in total. The molecule has 1 aromatic heterocycles. The van der Waals surface area contributed by atoms with Gasteiger partial charge in [-0.2, -0.15) is 0 Å². The van der Waals surface area contributed by atoms with E-state index < -0.39 is 0 Å². The molecule has 0 aliphatic heterocycles. The molecule has 140 valence electrons. The van der Waals surface area contributed by atoms with Crippen LogP contribution >= 0.6 is 11.6 Å². The molecule has 0 atom stereocenters. The van der Waals surface area contributed by atoms with Crippen molar-refractivity contribution in [2.45, 2.75) is 19.8 Å². The smallest absolute Gasteiger partial charge is 0.226 e. The zero-order chi connectivity index (χ0) is 19.2. The van der Waals surface area contributed by atoms with Crippen molar-refractivity contribution < 1.29 is 9.59 Å². The number of para-hydroxylation sites is 1. The second-order valence-electron chi connectivity index (χ2n) is 6.42. The number of aromatic amines is 1. The van der Waals surface area contributed by atoms with Crippen LogP contribution in [0.2, 0.25) is 5.02 Å². The number of rotatable bonds is 7. The molecule has 0 radical (unpaired) electrons. The van der Waals surface area contributed by atoms with E-state index >= 15 is 0 Å². The monoisotopic (exact) mass is 383 g/mol. The molecule has 2 aromatic carbocycles. The lowest BCUT2D eigenvalue weighted by atomic mass is 10.1. The van der Waals surface area contributed by atoms with Crippen LogP contribution < -0.4 is 5.32 Å². The molecule has 0 saturated heterocycles. The number of halogens is 1. The second kappa shape index (κ2) is 8.73. The summed E-state index contributed by atoms with van der Waals surface area (Å²) in [4.78, 5) is 29.0. The number of carbonyl (C=O) groups excluding carboxylic acids is 2. The van der Waals surface area contributed by atoms with Gasteiger partial charge in [-0.05, 0) is 42.3 Å². The summed E-state index contributed by atoms with van der Waals surface area (Å²) in [6, 6.07) is 15.0. The molecule has 6 heteroatoms. The van der Waals surface area contributed by atoms with Gasteiger partial charge in [0, 0.05) is 54.2 Å². The average Bonchev–Trinajstić information content (AvgIpc) is 3.06. The van der Waals surface area contributed by atoms with E-state index in [1.165, 1.54) is 17.9 Å². The summed E-state index contributed by atoms with van der Waals surface area (Å²) in [5.41, 5.74) is 2.95. The number of nitrogens with one attached hydrogen (secondary N) is 2. The quantitative estimate of drug-likeness (QED) is 0.640. The van der Waals surface area contributed by atoms with E-state index in [4.69, 9.17) is 11.6 Å². The van der Waals surface area contributed by atoms with Gasteiger partial charge in [0.1, 0.15) is 0 Å². The van der Waals surface area contributed by atoms with Crippen LogP contribution in [-0.2, 0) is 16.0 Å². The van der Waals surface area contributed by atoms with E-state index in [9.17, 15) is 9.59 Å². The van der Waals surface area contributed by atoms with Crippen LogP contribution in [0.15, 0.2) is 54.7 Å². The number of carbonyl (C=O) groups is 2. The van der Waals surface area contributed by atoms with Gasteiger partial charge in [0.25, 0.3) is 0 Å². The molecule has 3 aromatic rings. The van der Waals surface area contributed by atoms with E-state index in [-0.39, 0.29) is 18.2 Å². The van der Waals surface area contributed by atoms with Crippen molar-refractivity contribution >= 4 is 40.0 Å². The zero-order valence-electron chi connectivity index (χ0n) is 15.2. The van der Waals surface area contributed by atoms with E-state index in [1.54, 1.807) is 29.2 Å². The Bertz CT molecular complexity index is 934. The van der Waals surface area contributed by atoms with E-state index in [1.807, 2.05) is 24.4 Å². The molecule has 0 saturated carbocycles. The average molecular weight is 384 g/mol. The van der Waals surface area contributed by atoms with Crippen LogP contribution in [0.5, 0.6) is 0 Å². The van der Waals surface area contributed by atoms with Gasteiger partial charge < -0.3 is 15.2 Å². The van der Waals surface area contributed by atoms with Gasteiger partial charge in [-0.1, -0.05) is 29.8 Å². The van der Waals surface area contributed by atoms with Crippen LogP contribution in [-0.4, -0.2) is 34.8 Å². The fourth-order valence-electron chi connectivity index (χ4n) is 3.01. The number of nitrogens with zero attached hydrogens (tertiary/aromatic N) is 1. The molecule has 27 heavy (non-hydrogen) atoms. The minimum Gasteiger partial charge on any atom is -0.361 e. The van der Waals surface area contributed by atoms with Gasteiger partial charge in [0.15, 0.2) is 0 Å².